The molecule has 1 aliphatic rings. The maximum atomic E-state index is 13.1. The van der Waals surface area contributed by atoms with Crippen LogP contribution < -0.4 is 10.6 Å². The van der Waals surface area contributed by atoms with Crippen molar-refractivity contribution in [1.82, 2.24) is 14.9 Å². The van der Waals surface area contributed by atoms with Crippen LogP contribution >= 0.6 is 0 Å². The molecule has 0 atom stereocenters. The molecule has 3 aromatic carbocycles. The molecule has 2 heterocycles. The molecule has 1 aromatic heterocycles. The summed E-state index contributed by atoms with van der Waals surface area (Å²) in [6.07, 6.45) is 5.51. The number of anilines is 3. The van der Waals surface area contributed by atoms with E-state index < -0.39 is 6.67 Å². The summed E-state index contributed by atoms with van der Waals surface area (Å²) < 4.78 is 13.1. The summed E-state index contributed by atoms with van der Waals surface area (Å²) in [4.78, 5) is 24.2. The number of nitrogens with one attached hydrogen (secondary N) is 2. The average Bonchev–Trinajstić information content (AvgIpc) is 2.94. The largest absolute Gasteiger partial charge is 0.324 e. The molecular formula is C30H30FN5O. The molecule has 188 valence electrons. The van der Waals surface area contributed by atoms with Gasteiger partial charge in [0.1, 0.15) is 6.67 Å². The van der Waals surface area contributed by atoms with E-state index in [0.29, 0.717) is 28.5 Å². The molecule has 5 rings (SSSR count). The van der Waals surface area contributed by atoms with Crippen LogP contribution in [0.25, 0.3) is 11.3 Å². The van der Waals surface area contributed by atoms with Gasteiger partial charge < -0.3 is 10.6 Å². The molecule has 0 aliphatic carbocycles. The molecule has 0 saturated carbocycles. The quantitative estimate of drug-likeness (QED) is 0.288. The zero-order valence-corrected chi connectivity index (χ0v) is 20.7. The monoisotopic (exact) mass is 495 g/mol. The fourth-order valence-corrected chi connectivity index (χ4v) is 4.54. The summed E-state index contributed by atoms with van der Waals surface area (Å²) >= 11 is 0. The molecule has 0 unspecified atom stereocenters. The number of carbonyl (C=O) groups excluding carboxylic acids is 1. The molecule has 0 bridgehead atoms. The Morgan fingerprint density at radius 3 is 2.46 bits per heavy atom. The lowest BCUT2D eigenvalue weighted by Gasteiger charge is -2.26. The first-order valence-electron chi connectivity index (χ1n) is 12.6. The van der Waals surface area contributed by atoms with E-state index in [1.54, 1.807) is 24.4 Å². The summed E-state index contributed by atoms with van der Waals surface area (Å²) in [5.41, 5.74) is 5.37. The molecule has 1 saturated heterocycles. The zero-order valence-electron chi connectivity index (χ0n) is 20.7. The van der Waals surface area contributed by atoms with Crippen LogP contribution in [-0.4, -0.2) is 33.9 Å². The SMILES string of the molecule is O=C(Nc1cccc(Nc2nccc(-c3cccc(CF)c3)n2)c1)c1ccc(CN2CCCCC2)cc1. The molecule has 0 spiro atoms. The number of aromatic nitrogens is 2. The molecule has 0 radical (unpaired) electrons. The van der Waals surface area contributed by atoms with Crippen LogP contribution in [0.1, 0.15) is 40.7 Å². The molecule has 6 nitrogen and oxygen atoms in total. The Morgan fingerprint density at radius 1 is 0.865 bits per heavy atom. The van der Waals surface area contributed by atoms with Crippen molar-refractivity contribution in [2.45, 2.75) is 32.5 Å². The van der Waals surface area contributed by atoms with E-state index in [1.165, 1.54) is 24.8 Å². The molecule has 7 heteroatoms. The first-order valence-corrected chi connectivity index (χ1v) is 12.6. The lowest BCUT2D eigenvalue weighted by Crippen LogP contribution is -2.29. The van der Waals surface area contributed by atoms with Crippen molar-refractivity contribution in [1.29, 1.82) is 0 Å². The molecular weight excluding hydrogens is 465 g/mol. The second-order valence-electron chi connectivity index (χ2n) is 9.29. The average molecular weight is 496 g/mol. The van der Waals surface area contributed by atoms with Gasteiger partial charge in [-0.3, -0.25) is 9.69 Å². The number of amides is 1. The Kier molecular flexibility index (Phi) is 7.81. The summed E-state index contributed by atoms with van der Waals surface area (Å²) in [6.45, 7) is 2.70. The minimum Gasteiger partial charge on any atom is -0.324 e. The maximum absolute atomic E-state index is 13.1. The van der Waals surface area contributed by atoms with Gasteiger partial charge in [-0.1, -0.05) is 42.8 Å². The number of benzene rings is 3. The van der Waals surface area contributed by atoms with Crippen molar-refractivity contribution in [3.05, 3.63) is 102 Å². The van der Waals surface area contributed by atoms with Gasteiger partial charge in [0.15, 0.2) is 0 Å². The standard InChI is InChI=1S/C30H30FN5O/c31-20-23-6-4-7-25(18-23)28-14-15-32-30(35-28)34-27-9-5-8-26(19-27)33-29(37)24-12-10-22(11-13-24)21-36-16-2-1-3-17-36/h4-15,18-19H,1-3,16-17,20-21H2,(H,33,37)(H,32,34,35). The van der Waals surface area contributed by atoms with Gasteiger partial charge in [0, 0.05) is 35.2 Å². The minimum atomic E-state index is -0.523. The predicted octanol–water partition coefficient (Wildman–Crippen LogP) is 6.59. The molecule has 4 aromatic rings. The fraction of sp³-hybridized carbons (Fsp3) is 0.233. The van der Waals surface area contributed by atoms with E-state index in [1.807, 2.05) is 60.7 Å². The Labute approximate surface area is 216 Å². The summed E-state index contributed by atoms with van der Waals surface area (Å²) in [5, 5.41) is 6.16. The van der Waals surface area contributed by atoms with Crippen molar-refractivity contribution in [3.8, 4) is 11.3 Å². The van der Waals surface area contributed by atoms with Crippen LogP contribution in [0.2, 0.25) is 0 Å². The normalized spacial score (nSPS) is 13.8. The zero-order chi connectivity index (χ0) is 25.5. The number of likely N-dealkylation sites (tertiary alicyclic amines) is 1. The number of alkyl halides is 1. The number of carbonyl (C=O) groups is 1. The van der Waals surface area contributed by atoms with Gasteiger partial charge >= 0.3 is 0 Å². The second kappa shape index (κ2) is 11.8. The third-order valence-corrected chi connectivity index (χ3v) is 6.48. The van der Waals surface area contributed by atoms with Gasteiger partial charge in [-0.25, -0.2) is 14.4 Å². The predicted molar refractivity (Wildman–Crippen MR) is 146 cm³/mol. The lowest BCUT2D eigenvalue weighted by atomic mass is 10.1. The highest BCUT2D eigenvalue weighted by atomic mass is 19.1. The first kappa shape index (κ1) is 24.6. The third kappa shape index (κ3) is 6.57. The van der Waals surface area contributed by atoms with Crippen LogP contribution in [-0.2, 0) is 13.2 Å². The van der Waals surface area contributed by atoms with Crippen molar-refractivity contribution in [2.24, 2.45) is 0 Å². The summed E-state index contributed by atoms with van der Waals surface area (Å²) in [6, 6.07) is 24.3. The number of rotatable bonds is 8. The van der Waals surface area contributed by atoms with E-state index in [9.17, 15) is 9.18 Å². The number of halogens is 1. The van der Waals surface area contributed by atoms with Gasteiger partial charge in [-0.15, -0.1) is 0 Å². The van der Waals surface area contributed by atoms with Crippen molar-refractivity contribution >= 4 is 23.2 Å². The van der Waals surface area contributed by atoms with Crippen LogP contribution in [0.5, 0.6) is 0 Å². The minimum absolute atomic E-state index is 0.160. The van der Waals surface area contributed by atoms with Crippen molar-refractivity contribution < 1.29 is 9.18 Å². The third-order valence-electron chi connectivity index (χ3n) is 6.48. The Hall–Kier alpha value is -4.10. The Balaban J connectivity index is 1.22. The molecule has 37 heavy (non-hydrogen) atoms. The van der Waals surface area contributed by atoms with Crippen molar-refractivity contribution in [2.75, 3.05) is 23.7 Å². The van der Waals surface area contributed by atoms with Crippen molar-refractivity contribution in [3.63, 3.8) is 0 Å². The smallest absolute Gasteiger partial charge is 0.255 e. The number of nitrogens with zero attached hydrogens (tertiary/aromatic N) is 3. The highest BCUT2D eigenvalue weighted by Gasteiger charge is 2.12. The number of hydrogen-bond acceptors (Lipinski definition) is 5. The molecule has 1 amide bonds. The topological polar surface area (TPSA) is 70.1 Å². The van der Waals surface area contributed by atoms with Crippen LogP contribution in [0.3, 0.4) is 0 Å². The van der Waals surface area contributed by atoms with Crippen LogP contribution in [0.4, 0.5) is 21.7 Å². The Morgan fingerprint density at radius 2 is 1.65 bits per heavy atom. The summed E-state index contributed by atoms with van der Waals surface area (Å²) in [5.74, 6) is 0.253. The van der Waals surface area contributed by atoms with E-state index in [-0.39, 0.29) is 5.91 Å². The van der Waals surface area contributed by atoms with Crippen LogP contribution in [0.15, 0.2) is 85.1 Å². The van der Waals surface area contributed by atoms with E-state index >= 15 is 0 Å². The maximum Gasteiger partial charge on any atom is 0.255 e. The Bertz CT molecular complexity index is 1350. The first-order chi connectivity index (χ1) is 18.2. The van der Waals surface area contributed by atoms with Crippen LogP contribution in [0, 0.1) is 0 Å². The van der Waals surface area contributed by atoms with Gasteiger partial charge in [-0.2, -0.15) is 0 Å². The van der Waals surface area contributed by atoms with Gasteiger partial charge in [0.2, 0.25) is 5.95 Å². The van der Waals surface area contributed by atoms with Gasteiger partial charge in [-0.05, 0) is 79.5 Å². The molecule has 1 aliphatic heterocycles. The number of piperidine rings is 1. The second-order valence-corrected chi connectivity index (χ2v) is 9.29. The fourth-order valence-electron chi connectivity index (χ4n) is 4.54. The molecule has 1 fully saturated rings. The van der Waals surface area contributed by atoms with E-state index in [4.69, 9.17) is 0 Å². The number of hydrogen-bond donors (Lipinski definition) is 2. The van der Waals surface area contributed by atoms with Gasteiger partial charge in [0.05, 0.1) is 5.69 Å². The highest BCUT2D eigenvalue weighted by molar-refractivity contribution is 6.04. The highest BCUT2D eigenvalue weighted by Crippen LogP contribution is 2.23. The lowest BCUT2D eigenvalue weighted by molar-refractivity contribution is 0.102. The van der Waals surface area contributed by atoms with Gasteiger partial charge in [0.25, 0.3) is 5.91 Å². The van der Waals surface area contributed by atoms with E-state index in [0.717, 1.165) is 30.9 Å². The summed E-state index contributed by atoms with van der Waals surface area (Å²) in [7, 11) is 0. The van der Waals surface area contributed by atoms with E-state index in [2.05, 4.69) is 25.5 Å². The molecule has 2 N–H and O–H groups in total.